The lowest BCUT2D eigenvalue weighted by atomic mass is 9.96. The first kappa shape index (κ1) is 16.2. The molecule has 0 unspecified atom stereocenters. The van der Waals surface area contributed by atoms with E-state index in [1.807, 2.05) is 6.92 Å². The zero-order chi connectivity index (χ0) is 17.2. The van der Waals surface area contributed by atoms with Crippen LogP contribution in [-0.4, -0.2) is 39.2 Å². The van der Waals surface area contributed by atoms with Gasteiger partial charge in [0.15, 0.2) is 0 Å². The molecule has 25 heavy (non-hydrogen) atoms. The fraction of sp³-hybridized carbons (Fsp3) is 0.556. The van der Waals surface area contributed by atoms with Gasteiger partial charge in [0, 0.05) is 43.4 Å². The normalized spacial score (nSPS) is 18.2. The zero-order valence-electron chi connectivity index (χ0n) is 14.5. The minimum atomic E-state index is 0.0689. The summed E-state index contributed by atoms with van der Waals surface area (Å²) < 4.78 is 7.35. The highest BCUT2D eigenvalue weighted by molar-refractivity contribution is 5.49. The molecule has 4 rings (SSSR count). The van der Waals surface area contributed by atoms with Crippen molar-refractivity contribution < 1.29 is 4.74 Å². The summed E-state index contributed by atoms with van der Waals surface area (Å²) >= 11 is 0. The van der Waals surface area contributed by atoms with Gasteiger partial charge in [-0.1, -0.05) is 0 Å². The van der Waals surface area contributed by atoms with Crippen molar-refractivity contribution in [2.75, 3.05) is 24.6 Å². The predicted molar refractivity (Wildman–Crippen MR) is 93.6 cm³/mol. The van der Waals surface area contributed by atoms with Crippen LogP contribution in [0.5, 0.6) is 0 Å². The summed E-state index contributed by atoms with van der Waals surface area (Å²) in [5, 5.41) is 0. The third kappa shape index (κ3) is 3.28. The van der Waals surface area contributed by atoms with Crippen LogP contribution in [0.1, 0.15) is 29.7 Å². The maximum Gasteiger partial charge on any atom is 0.256 e. The Labute approximate surface area is 146 Å². The maximum atomic E-state index is 12.2. The molecular formula is C18H23N5O2. The second kappa shape index (κ2) is 6.92. The van der Waals surface area contributed by atoms with Crippen LogP contribution in [0.25, 0.3) is 0 Å². The fourth-order valence-electron chi connectivity index (χ4n) is 3.71. The minimum absolute atomic E-state index is 0.0689. The number of rotatable bonds is 3. The van der Waals surface area contributed by atoms with Crippen LogP contribution in [0.2, 0.25) is 0 Å². The molecule has 0 bridgehead atoms. The van der Waals surface area contributed by atoms with E-state index in [4.69, 9.17) is 4.74 Å². The highest BCUT2D eigenvalue weighted by atomic mass is 16.5. The second-order valence-electron chi connectivity index (χ2n) is 6.89. The molecular weight excluding hydrogens is 318 g/mol. The maximum absolute atomic E-state index is 12.2. The van der Waals surface area contributed by atoms with Gasteiger partial charge in [0.1, 0.15) is 12.1 Å². The lowest BCUT2D eigenvalue weighted by molar-refractivity contribution is 0.109. The molecule has 4 heterocycles. The molecule has 2 aromatic heterocycles. The van der Waals surface area contributed by atoms with Gasteiger partial charge in [0.2, 0.25) is 0 Å². The zero-order valence-corrected chi connectivity index (χ0v) is 14.5. The van der Waals surface area contributed by atoms with Gasteiger partial charge in [-0.15, -0.1) is 0 Å². The molecule has 0 aromatic carbocycles. The van der Waals surface area contributed by atoms with E-state index in [9.17, 15) is 4.79 Å². The van der Waals surface area contributed by atoms with Crippen LogP contribution in [0.3, 0.4) is 0 Å². The van der Waals surface area contributed by atoms with Crippen LogP contribution >= 0.6 is 0 Å². The lowest BCUT2D eigenvalue weighted by Gasteiger charge is -2.34. The van der Waals surface area contributed by atoms with Gasteiger partial charge in [-0.25, -0.2) is 15.0 Å². The Morgan fingerprint density at radius 3 is 2.96 bits per heavy atom. The molecule has 2 aliphatic heterocycles. The first-order chi connectivity index (χ1) is 12.2. The molecule has 0 atom stereocenters. The Kier molecular flexibility index (Phi) is 4.48. The number of hydrogen-bond acceptors (Lipinski definition) is 6. The number of ether oxygens (including phenoxy) is 1. The number of anilines is 1. The fourth-order valence-corrected chi connectivity index (χ4v) is 3.71. The van der Waals surface area contributed by atoms with E-state index in [2.05, 4.69) is 19.9 Å². The summed E-state index contributed by atoms with van der Waals surface area (Å²) in [7, 11) is 0. The Bertz CT molecular complexity index is 811. The highest BCUT2D eigenvalue weighted by Gasteiger charge is 2.25. The number of fused-ring (bicyclic) bond motifs is 1. The number of nitrogens with zero attached hydrogens (tertiary/aromatic N) is 5. The summed E-state index contributed by atoms with van der Waals surface area (Å²) in [6.45, 7) is 5.80. The van der Waals surface area contributed by atoms with Gasteiger partial charge < -0.3 is 9.64 Å². The third-order valence-corrected chi connectivity index (χ3v) is 5.18. The van der Waals surface area contributed by atoms with Crippen LogP contribution < -0.4 is 10.5 Å². The predicted octanol–water partition coefficient (Wildman–Crippen LogP) is 1.33. The minimum Gasteiger partial charge on any atom is -0.376 e. The van der Waals surface area contributed by atoms with Gasteiger partial charge >= 0.3 is 0 Å². The molecule has 2 aromatic rings. The molecule has 0 aliphatic carbocycles. The van der Waals surface area contributed by atoms with Crippen molar-refractivity contribution in [1.82, 2.24) is 19.5 Å². The second-order valence-corrected chi connectivity index (χ2v) is 6.89. The molecule has 0 amide bonds. The Balaban J connectivity index is 1.44. The smallest absolute Gasteiger partial charge is 0.256 e. The van der Waals surface area contributed by atoms with Gasteiger partial charge in [0.25, 0.3) is 5.56 Å². The standard InChI is InChI=1S/C18H23N5O2/c1-13-8-19-12-23(18(13)24)9-14-2-5-22(6-3-14)17-15-10-25-7-4-16(15)20-11-21-17/h8,11-12,14H,2-7,9-10H2,1H3. The molecule has 2 aliphatic rings. The monoisotopic (exact) mass is 341 g/mol. The van der Waals surface area contributed by atoms with E-state index in [0.29, 0.717) is 18.1 Å². The Morgan fingerprint density at radius 1 is 1.28 bits per heavy atom. The summed E-state index contributed by atoms with van der Waals surface area (Å²) in [5.74, 6) is 1.52. The summed E-state index contributed by atoms with van der Waals surface area (Å²) in [6.07, 6.45) is 7.90. The largest absolute Gasteiger partial charge is 0.376 e. The number of hydrogen-bond donors (Lipinski definition) is 0. The number of aryl methyl sites for hydroxylation is 1. The molecule has 1 saturated heterocycles. The van der Waals surface area contributed by atoms with E-state index in [1.54, 1.807) is 23.4 Å². The number of aromatic nitrogens is 4. The number of piperidine rings is 1. The van der Waals surface area contributed by atoms with Crippen LogP contribution in [-0.2, 0) is 24.3 Å². The molecule has 0 radical (unpaired) electrons. The molecule has 0 saturated carbocycles. The van der Waals surface area contributed by atoms with E-state index >= 15 is 0 Å². The van der Waals surface area contributed by atoms with Crippen molar-refractivity contribution in [2.24, 2.45) is 5.92 Å². The van der Waals surface area contributed by atoms with Crippen LogP contribution in [0.15, 0.2) is 23.6 Å². The molecule has 7 heteroatoms. The van der Waals surface area contributed by atoms with Crippen molar-refractivity contribution in [3.05, 3.63) is 46.0 Å². The van der Waals surface area contributed by atoms with Crippen molar-refractivity contribution >= 4 is 5.82 Å². The summed E-state index contributed by atoms with van der Waals surface area (Å²) in [5.41, 5.74) is 3.04. The first-order valence-corrected chi connectivity index (χ1v) is 8.89. The van der Waals surface area contributed by atoms with Gasteiger partial charge in [0.05, 0.1) is 25.2 Å². The average Bonchev–Trinajstić information content (AvgIpc) is 2.66. The van der Waals surface area contributed by atoms with E-state index in [-0.39, 0.29) is 5.56 Å². The highest BCUT2D eigenvalue weighted by Crippen LogP contribution is 2.28. The van der Waals surface area contributed by atoms with Gasteiger partial charge in [-0.2, -0.15) is 0 Å². The van der Waals surface area contributed by atoms with Crippen molar-refractivity contribution in [2.45, 2.75) is 39.3 Å². The third-order valence-electron chi connectivity index (χ3n) is 5.18. The quantitative estimate of drug-likeness (QED) is 0.839. The van der Waals surface area contributed by atoms with E-state index in [1.165, 1.54) is 0 Å². The molecule has 0 spiro atoms. The topological polar surface area (TPSA) is 73.1 Å². The first-order valence-electron chi connectivity index (χ1n) is 8.89. The van der Waals surface area contributed by atoms with E-state index in [0.717, 1.165) is 62.6 Å². The molecule has 1 fully saturated rings. The van der Waals surface area contributed by atoms with Crippen LogP contribution in [0.4, 0.5) is 5.82 Å². The van der Waals surface area contributed by atoms with Gasteiger partial charge in [-0.3, -0.25) is 9.36 Å². The summed E-state index contributed by atoms with van der Waals surface area (Å²) in [4.78, 5) is 27.6. The van der Waals surface area contributed by atoms with Crippen molar-refractivity contribution in [3.8, 4) is 0 Å². The molecule has 7 nitrogen and oxygen atoms in total. The van der Waals surface area contributed by atoms with Crippen LogP contribution in [0, 0.1) is 12.8 Å². The average molecular weight is 341 g/mol. The van der Waals surface area contributed by atoms with Crippen molar-refractivity contribution in [1.29, 1.82) is 0 Å². The molecule has 132 valence electrons. The van der Waals surface area contributed by atoms with Gasteiger partial charge in [-0.05, 0) is 25.7 Å². The Morgan fingerprint density at radius 2 is 2.12 bits per heavy atom. The van der Waals surface area contributed by atoms with E-state index < -0.39 is 0 Å². The lowest BCUT2D eigenvalue weighted by Crippen LogP contribution is -2.38. The SMILES string of the molecule is Cc1cncn(CC2CCN(c3ncnc4c3COCC4)CC2)c1=O. The van der Waals surface area contributed by atoms with Crippen molar-refractivity contribution in [3.63, 3.8) is 0 Å². The molecule has 0 N–H and O–H groups in total. The Hall–Kier alpha value is -2.28. The summed E-state index contributed by atoms with van der Waals surface area (Å²) in [6, 6.07) is 0.